The van der Waals surface area contributed by atoms with Gasteiger partial charge in [0.2, 0.25) is 17.8 Å². The van der Waals surface area contributed by atoms with E-state index in [1.54, 1.807) is 12.4 Å². The summed E-state index contributed by atoms with van der Waals surface area (Å²) in [5.41, 5.74) is -0.487. The van der Waals surface area contributed by atoms with Crippen LogP contribution in [0.15, 0.2) is 18.5 Å². The van der Waals surface area contributed by atoms with Crippen molar-refractivity contribution >= 4 is 17.8 Å². The molecule has 1 aromatic rings. The summed E-state index contributed by atoms with van der Waals surface area (Å²) in [6, 6.07) is 1.81. The molecular weight excluding hydrogens is 394 g/mol. The van der Waals surface area contributed by atoms with Gasteiger partial charge in [0.05, 0.1) is 5.41 Å². The third-order valence-corrected chi connectivity index (χ3v) is 7.60. The van der Waals surface area contributed by atoms with Crippen molar-refractivity contribution in [1.29, 1.82) is 0 Å². The van der Waals surface area contributed by atoms with Gasteiger partial charge in [-0.15, -0.1) is 0 Å². The monoisotopic (exact) mass is 427 g/mol. The molecule has 8 heteroatoms. The Morgan fingerprint density at radius 2 is 1.90 bits per heavy atom. The number of ether oxygens (including phenoxy) is 1. The van der Waals surface area contributed by atoms with Crippen LogP contribution < -0.4 is 10.2 Å². The zero-order valence-corrected chi connectivity index (χ0v) is 18.2. The number of carbonyl (C=O) groups excluding carboxylic acids is 2. The van der Waals surface area contributed by atoms with Crippen molar-refractivity contribution in [1.82, 2.24) is 20.2 Å². The first kappa shape index (κ1) is 20.7. The molecule has 4 heterocycles. The van der Waals surface area contributed by atoms with Crippen LogP contribution in [0.5, 0.6) is 0 Å². The Balaban J connectivity index is 1.36. The van der Waals surface area contributed by atoms with Crippen LogP contribution in [0, 0.1) is 23.2 Å². The maximum absolute atomic E-state index is 13.5. The molecule has 0 spiro atoms. The van der Waals surface area contributed by atoms with Crippen molar-refractivity contribution < 1.29 is 14.3 Å². The first-order chi connectivity index (χ1) is 15.2. The molecular formula is C23H33N5O3. The van der Waals surface area contributed by atoms with Crippen molar-refractivity contribution in [2.75, 3.05) is 50.8 Å². The van der Waals surface area contributed by atoms with E-state index >= 15 is 0 Å². The van der Waals surface area contributed by atoms with E-state index in [-0.39, 0.29) is 23.7 Å². The van der Waals surface area contributed by atoms with Gasteiger partial charge < -0.3 is 19.9 Å². The number of nitrogens with one attached hydrogen (secondary N) is 1. The number of fused-ring (bicyclic) bond motifs is 1. The summed E-state index contributed by atoms with van der Waals surface area (Å²) in [7, 11) is 0. The number of anilines is 1. The molecule has 0 aromatic carbocycles. The first-order valence-corrected chi connectivity index (χ1v) is 11.8. The SMILES string of the molecule is O=C(C1CCOCC1)N1CCC[C@]2(C(=O)NCC3CC3)CN(c3ncccn3)C[C@@H]2C1. The molecule has 1 saturated carbocycles. The Labute approximate surface area is 183 Å². The number of likely N-dealkylation sites (tertiary alicyclic amines) is 1. The molecule has 2 atom stereocenters. The summed E-state index contributed by atoms with van der Waals surface area (Å²) >= 11 is 0. The second kappa shape index (κ2) is 8.73. The fourth-order valence-corrected chi connectivity index (χ4v) is 5.55. The molecule has 0 radical (unpaired) electrons. The number of amides is 2. The van der Waals surface area contributed by atoms with Crippen LogP contribution >= 0.6 is 0 Å². The summed E-state index contributed by atoms with van der Waals surface area (Å²) in [6.07, 6.45) is 9.19. The lowest BCUT2D eigenvalue weighted by Crippen LogP contribution is -2.49. The summed E-state index contributed by atoms with van der Waals surface area (Å²) in [6.45, 7) is 4.82. The predicted octanol–water partition coefficient (Wildman–Crippen LogP) is 1.47. The van der Waals surface area contributed by atoms with E-state index in [0.717, 1.165) is 38.8 Å². The highest BCUT2D eigenvalue weighted by Crippen LogP contribution is 2.44. The van der Waals surface area contributed by atoms with E-state index in [1.807, 2.05) is 11.0 Å². The minimum atomic E-state index is -0.487. The predicted molar refractivity (Wildman–Crippen MR) is 115 cm³/mol. The number of aromatic nitrogens is 2. The third-order valence-electron chi connectivity index (χ3n) is 7.60. The topological polar surface area (TPSA) is 87.7 Å². The molecule has 5 rings (SSSR count). The summed E-state index contributed by atoms with van der Waals surface area (Å²) < 4.78 is 5.45. The second-order valence-electron chi connectivity index (χ2n) is 9.71. The molecule has 168 valence electrons. The minimum Gasteiger partial charge on any atom is -0.381 e. The standard InChI is InChI=1S/C23H33N5O3/c29-20(18-5-11-31-12-6-18)27-10-1-7-23(21(30)26-13-17-3-4-17)16-28(15-19(23)14-27)22-24-8-2-9-25-22/h2,8-9,17-19H,1,3-7,10-16H2,(H,26,30)/t19-,23-/m0/s1. The van der Waals surface area contributed by atoms with E-state index in [2.05, 4.69) is 20.2 Å². The Hall–Kier alpha value is -2.22. The summed E-state index contributed by atoms with van der Waals surface area (Å²) in [4.78, 5) is 39.9. The fraction of sp³-hybridized carbons (Fsp3) is 0.739. The van der Waals surface area contributed by atoms with Crippen LogP contribution in [-0.2, 0) is 14.3 Å². The van der Waals surface area contributed by atoms with Gasteiger partial charge in [-0.2, -0.15) is 0 Å². The second-order valence-corrected chi connectivity index (χ2v) is 9.71. The van der Waals surface area contributed by atoms with E-state index in [0.29, 0.717) is 44.7 Å². The lowest BCUT2D eigenvalue weighted by Gasteiger charge is -2.33. The highest BCUT2D eigenvalue weighted by atomic mass is 16.5. The van der Waals surface area contributed by atoms with Gasteiger partial charge in [0.1, 0.15) is 0 Å². The zero-order valence-electron chi connectivity index (χ0n) is 18.2. The van der Waals surface area contributed by atoms with Gasteiger partial charge in [0, 0.05) is 70.2 Å². The van der Waals surface area contributed by atoms with Crippen LogP contribution in [0.4, 0.5) is 5.95 Å². The van der Waals surface area contributed by atoms with E-state index in [9.17, 15) is 9.59 Å². The van der Waals surface area contributed by atoms with E-state index in [4.69, 9.17) is 4.74 Å². The van der Waals surface area contributed by atoms with Gasteiger partial charge in [0.15, 0.2) is 0 Å². The van der Waals surface area contributed by atoms with Gasteiger partial charge >= 0.3 is 0 Å². The smallest absolute Gasteiger partial charge is 0.228 e. The lowest BCUT2D eigenvalue weighted by molar-refractivity contribution is -0.140. The van der Waals surface area contributed by atoms with Crippen molar-refractivity contribution in [2.45, 2.75) is 38.5 Å². The molecule has 4 fully saturated rings. The molecule has 0 bridgehead atoms. The van der Waals surface area contributed by atoms with Crippen LogP contribution in [0.2, 0.25) is 0 Å². The van der Waals surface area contributed by atoms with E-state index in [1.165, 1.54) is 12.8 Å². The lowest BCUT2D eigenvalue weighted by atomic mass is 9.74. The largest absolute Gasteiger partial charge is 0.381 e. The summed E-state index contributed by atoms with van der Waals surface area (Å²) in [5.74, 6) is 1.86. The fourth-order valence-electron chi connectivity index (χ4n) is 5.55. The van der Waals surface area contributed by atoms with Gasteiger partial charge in [0.25, 0.3) is 0 Å². The van der Waals surface area contributed by atoms with Crippen LogP contribution in [0.25, 0.3) is 0 Å². The Kier molecular flexibility index (Phi) is 5.82. The maximum atomic E-state index is 13.5. The molecule has 0 unspecified atom stereocenters. The molecule has 2 amide bonds. The molecule has 1 aliphatic carbocycles. The van der Waals surface area contributed by atoms with Crippen molar-refractivity contribution in [3.8, 4) is 0 Å². The molecule has 31 heavy (non-hydrogen) atoms. The van der Waals surface area contributed by atoms with Gasteiger partial charge in [-0.05, 0) is 50.5 Å². The normalized spacial score (nSPS) is 29.4. The highest BCUT2D eigenvalue weighted by Gasteiger charge is 2.54. The quantitative estimate of drug-likeness (QED) is 0.766. The average Bonchev–Trinajstić information content (AvgIpc) is 3.61. The maximum Gasteiger partial charge on any atom is 0.228 e. The van der Waals surface area contributed by atoms with E-state index < -0.39 is 5.41 Å². The number of nitrogens with zero attached hydrogens (tertiary/aromatic N) is 4. The summed E-state index contributed by atoms with van der Waals surface area (Å²) in [5, 5.41) is 3.26. The first-order valence-electron chi connectivity index (χ1n) is 11.8. The number of hydrogen-bond acceptors (Lipinski definition) is 6. The molecule has 1 N–H and O–H groups in total. The van der Waals surface area contributed by atoms with Crippen molar-refractivity contribution in [3.63, 3.8) is 0 Å². The Bertz CT molecular complexity index is 796. The Morgan fingerprint density at radius 3 is 2.65 bits per heavy atom. The number of hydrogen-bond donors (Lipinski definition) is 1. The third kappa shape index (κ3) is 4.27. The number of carbonyl (C=O) groups is 2. The molecule has 3 saturated heterocycles. The minimum absolute atomic E-state index is 0.0555. The molecule has 3 aliphatic heterocycles. The van der Waals surface area contributed by atoms with Crippen LogP contribution in [0.3, 0.4) is 0 Å². The highest BCUT2D eigenvalue weighted by molar-refractivity contribution is 5.85. The van der Waals surface area contributed by atoms with Gasteiger partial charge in [-0.3, -0.25) is 9.59 Å². The Morgan fingerprint density at radius 1 is 1.13 bits per heavy atom. The molecule has 1 aromatic heterocycles. The van der Waals surface area contributed by atoms with Crippen molar-refractivity contribution in [3.05, 3.63) is 18.5 Å². The van der Waals surface area contributed by atoms with Gasteiger partial charge in [-0.1, -0.05) is 0 Å². The zero-order chi connectivity index (χ0) is 21.3. The number of rotatable bonds is 5. The average molecular weight is 428 g/mol. The van der Waals surface area contributed by atoms with Crippen LogP contribution in [-0.4, -0.2) is 72.6 Å². The van der Waals surface area contributed by atoms with Gasteiger partial charge in [-0.25, -0.2) is 9.97 Å². The van der Waals surface area contributed by atoms with Crippen LogP contribution in [0.1, 0.15) is 38.5 Å². The molecule has 8 nitrogen and oxygen atoms in total. The van der Waals surface area contributed by atoms with Crippen molar-refractivity contribution in [2.24, 2.45) is 23.2 Å². The molecule has 4 aliphatic rings.